The zero-order valence-corrected chi connectivity index (χ0v) is 44.8. The number of fused-ring (bicyclic) bond motifs is 1. The highest BCUT2D eigenvalue weighted by molar-refractivity contribution is 7.13. The first-order valence-electron chi connectivity index (χ1n) is 25.0. The number of rotatable bonds is 15. The van der Waals surface area contributed by atoms with Crippen LogP contribution >= 0.6 is 11.3 Å². The maximum atomic E-state index is 12.1. The fourth-order valence-corrected chi connectivity index (χ4v) is 8.92. The number of hydrogen-bond donors (Lipinski definition) is 5. The number of likely N-dealkylation sites (tertiary alicyclic amines) is 2. The van der Waals surface area contributed by atoms with Crippen molar-refractivity contribution in [2.24, 2.45) is 16.9 Å². The number of aliphatic hydroxyl groups is 1. The number of aliphatic hydroxyl groups excluding tert-OH is 1. The lowest BCUT2D eigenvalue weighted by Gasteiger charge is -2.48. The highest BCUT2D eigenvalue weighted by Gasteiger charge is 2.46. The maximum Gasteiger partial charge on any atom is 0.246 e. The number of benzene rings is 1. The minimum atomic E-state index is -0.689. The first kappa shape index (κ1) is 65.3. The molecule has 6 heterocycles. The summed E-state index contributed by atoms with van der Waals surface area (Å²) in [6.45, 7) is 22.2. The molecule has 3 atom stereocenters. The number of carbonyl (C=O) groups is 6. The molecule has 4 fully saturated rings. The molecule has 2 aromatic heterocycles. The maximum absolute atomic E-state index is 12.1. The van der Waals surface area contributed by atoms with Crippen molar-refractivity contribution in [3.63, 3.8) is 0 Å². The smallest absolute Gasteiger partial charge is 0.246 e. The Bertz CT molecular complexity index is 2090. The van der Waals surface area contributed by atoms with Gasteiger partial charge in [0.25, 0.3) is 0 Å². The lowest BCUT2D eigenvalue weighted by molar-refractivity contribution is -0.136. The van der Waals surface area contributed by atoms with E-state index in [1.807, 2.05) is 51.4 Å². The number of pyridine rings is 1. The van der Waals surface area contributed by atoms with E-state index in [0.29, 0.717) is 49.4 Å². The van der Waals surface area contributed by atoms with E-state index in [4.69, 9.17) is 20.9 Å². The fourth-order valence-electron chi connectivity index (χ4n) is 8.11. The predicted octanol–water partition coefficient (Wildman–Crippen LogP) is 6.41. The first-order valence-corrected chi connectivity index (χ1v) is 25.9. The van der Waals surface area contributed by atoms with Gasteiger partial charge >= 0.3 is 0 Å². The van der Waals surface area contributed by atoms with Crippen LogP contribution in [0.25, 0.3) is 10.4 Å². The summed E-state index contributed by atoms with van der Waals surface area (Å²) in [4.78, 5) is 82.1. The van der Waals surface area contributed by atoms with Crippen LogP contribution < -0.4 is 22.1 Å². The molecule has 4 aliphatic heterocycles. The van der Waals surface area contributed by atoms with Crippen LogP contribution in [0.1, 0.15) is 137 Å². The number of nitrogens with zero attached hydrogens (tertiary/aromatic N) is 5. The van der Waals surface area contributed by atoms with Crippen LogP contribution in [-0.4, -0.2) is 138 Å². The van der Waals surface area contributed by atoms with E-state index < -0.39 is 11.4 Å². The van der Waals surface area contributed by atoms with Gasteiger partial charge in [0.05, 0.1) is 60.2 Å². The van der Waals surface area contributed by atoms with E-state index in [-0.39, 0.29) is 63.2 Å². The number of aryl methyl sites for hydroxylation is 1. The van der Waals surface area contributed by atoms with Gasteiger partial charge in [0, 0.05) is 44.7 Å². The average Bonchev–Trinajstić information content (AvgIpc) is 4.10. The zero-order chi connectivity index (χ0) is 53.7. The van der Waals surface area contributed by atoms with E-state index in [0.717, 1.165) is 56.4 Å². The third-order valence-electron chi connectivity index (χ3n) is 11.5. The molecule has 3 aromatic rings. The molecule has 1 aromatic carbocycles. The lowest BCUT2D eigenvalue weighted by atomic mass is 9.86. The van der Waals surface area contributed by atoms with E-state index in [1.165, 1.54) is 42.5 Å². The summed E-state index contributed by atoms with van der Waals surface area (Å²) >= 11 is 1.64. The Balaban J connectivity index is 0.000000481. The summed E-state index contributed by atoms with van der Waals surface area (Å²) in [5.41, 5.74) is 15.7. The summed E-state index contributed by atoms with van der Waals surface area (Å²) in [5.74, 6) is -0.294. The van der Waals surface area contributed by atoms with Gasteiger partial charge in [-0.2, -0.15) is 0 Å². The van der Waals surface area contributed by atoms with E-state index in [9.17, 15) is 33.9 Å². The molecule has 408 valence electrons. The Hall–Kier alpha value is -5.76. The number of primary amides is 1. The number of thiazole rings is 1. The SMILES string of the molecule is C.C=C(C)N.CC.CC(C)(C)CC(=O)N1CCC(O)C1.Cc1ncsc1-c1ccc(C(C)NC=O)cc1.NC(=O)COCCOCC(=O)NC1(c2ccccn2)CN(C=O)C1.O=C1CCCCCC2CCCN12. The van der Waals surface area contributed by atoms with E-state index >= 15 is 0 Å². The topological polar surface area (TPSA) is 253 Å². The summed E-state index contributed by atoms with van der Waals surface area (Å²) in [5, 5.41) is 14.9. The molecule has 0 bridgehead atoms. The molecule has 18 nitrogen and oxygen atoms in total. The van der Waals surface area contributed by atoms with Crippen LogP contribution in [0, 0.1) is 12.3 Å². The molecule has 19 heteroatoms. The van der Waals surface area contributed by atoms with Crippen molar-refractivity contribution in [3.05, 3.63) is 83.4 Å². The van der Waals surface area contributed by atoms with Gasteiger partial charge in [0.1, 0.15) is 18.8 Å². The Morgan fingerprint density at radius 3 is 2.14 bits per heavy atom. The average molecular weight is 1040 g/mol. The molecule has 7 rings (SSSR count). The zero-order valence-electron chi connectivity index (χ0n) is 44.0. The van der Waals surface area contributed by atoms with Crippen molar-refractivity contribution >= 4 is 47.8 Å². The first-order chi connectivity index (χ1) is 34.3. The molecule has 6 amide bonds. The van der Waals surface area contributed by atoms with Crippen molar-refractivity contribution in [1.29, 1.82) is 0 Å². The Morgan fingerprint density at radius 2 is 1.60 bits per heavy atom. The highest BCUT2D eigenvalue weighted by atomic mass is 32.1. The van der Waals surface area contributed by atoms with Crippen LogP contribution in [-0.2, 0) is 43.8 Å². The van der Waals surface area contributed by atoms with E-state index in [1.54, 1.807) is 46.4 Å². The molecule has 4 aliphatic rings. The third kappa shape index (κ3) is 24.7. The molecule has 0 spiro atoms. The summed E-state index contributed by atoms with van der Waals surface area (Å²) in [6, 6.07) is 14.3. The molecular weight excluding hydrogens is 951 g/mol. The van der Waals surface area contributed by atoms with Gasteiger partial charge in [-0.15, -0.1) is 11.3 Å². The number of amides is 6. The van der Waals surface area contributed by atoms with Crippen LogP contribution in [0.2, 0.25) is 0 Å². The third-order valence-corrected chi connectivity index (χ3v) is 12.5. The molecule has 0 radical (unpaired) electrons. The number of nitrogens with two attached hydrogens (primary N) is 2. The second kappa shape index (κ2) is 34.6. The van der Waals surface area contributed by atoms with Crippen molar-refractivity contribution in [3.8, 4) is 10.4 Å². The van der Waals surface area contributed by atoms with Gasteiger partial charge in [-0.25, -0.2) is 4.98 Å². The Kier molecular flexibility index (Phi) is 30.9. The van der Waals surface area contributed by atoms with Crippen LogP contribution in [0.15, 0.2) is 66.4 Å². The number of ether oxygens (including phenoxy) is 2. The second-order valence-corrected chi connectivity index (χ2v) is 20.0. The van der Waals surface area contributed by atoms with Gasteiger partial charge in [-0.05, 0) is 87.2 Å². The van der Waals surface area contributed by atoms with Gasteiger partial charge < -0.3 is 51.4 Å². The number of carbonyl (C=O) groups excluding carboxylic acids is 6. The highest BCUT2D eigenvalue weighted by Crippen LogP contribution is 2.31. The monoisotopic (exact) mass is 1040 g/mol. The second-order valence-electron chi connectivity index (χ2n) is 19.2. The summed E-state index contributed by atoms with van der Waals surface area (Å²) in [7, 11) is 0. The van der Waals surface area contributed by atoms with Gasteiger partial charge in [0.15, 0.2) is 0 Å². The van der Waals surface area contributed by atoms with Gasteiger partial charge in [0.2, 0.25) is 36.4 Å². The lowest BCUT2D eigenvalue weighted by Crippen LogP contribution is -2.68. The minimum Gasteiger partial charge on any atom is -0.403 e. The number of nitrogens with one attached hydrogen (secondary N) is 2. The molecule has 4 saturated heterocycles. The normalized spacial score (nSPS) is 17.7. The fraction of sp³-hybridized carbons (Fsp3) is 0.593. The predicted molar refractivity (Wildman–Crippen MR) is 289 cm³/mol. The van der Waals surface area contributed by atoms with Crippen molar-refractivity contribution in [2.45, 2.75) is 144 Å². The molecular formula is C54H87N9O9S. The van der Waals surface area contributed by atoms with Crippen LogP contribution in [0.4, 0.5) is 0 Å². The quantitative estimate of drug-likeness (QED) is 0.0819. The Morgan fingerprint density at radius 1 is 0.959 bits per heavy atom. The van der Waals surface area contributed by atoms with Crippen molar-refractivity contribution in [2.75, 3.05) is 59.2 Å². The van der Waals surface area contributed by atoms with Gasteiger partial charge in [-0.1, -0.05) is 91.8 Å². The molecule has 0 aliphatic carbocycles. The van der Waals surface area contributed by atoms with Crippen LogP contribution in [0.5, 0.6) is 0 Å². The number of aromatic nitrogens is 2. The van der Waals surface area contributed by atoms with Crippen molar-refractivity contribution in [1.82, 2.24) is 35.3 Å². The number of allylic oxidation sites excluding steroid dienone is 1. The van der Waals surface area contributed by atoms with Crippen LogP contribution in [0.3, 0.4) is 0 Å². The molecule has 73 heavy (non-hydrogen) atoms. The molecule has 0 saturated carbocycles. The van der Waals surface area contributed by atoms with Crippen molar-refractivity contribution < 1.29 is 43.3 Å². The van der Waals surface area contributed by atoms with E-state index in [2.05, 4.69) is 65.0 Å². The Labute approximate surface area is 439 Å². The largest absolute Gasteiger partial charge is 0.403 e. The molecule has 3 unspecified atom stereocenters. The number of β-amino-alcohol motifs (C(OH)–C–C–N with tert-alkyl or cyclic N) is 1. The minimum absolute atomic E-state index is 0. The summed E-state index contributed by atoms with van der Waals surface area (Å²) < 4.78 is 10.1. The van der Waals surface area contributed by atoms with Gasteiger partial charge in [-0.3, -0.25) is 33.8 Å². The standard InChI is InChI=1S/C15H20N4O5.C13H14N2OS.C10H19NO2.C10H17NO.C3H7N.C2H6.CH4/c16-13(21)7-23-5-6-24-8-14(22)18-15(9-19(10-15)11-20)12-3-1-2-4-17-12;1-9(14-7-16)11-3-5-12(6-4-11)13-10(2)15-8-17-13;1-10(2,3)6-9(13)11-5-4-8(12)7-11;12-10-7-3-1-2-5-9-6-4-8-11(9)10;1-3(2)4;1-2;/h1-4,11H,5-10H2,(H2,16,21)(H,18,22);3-9H,1-2H3,(H,14,16);8,12H,4-7H2,1-3H3;9H,1-8H2;1,4H2,2H3;1-2H3;1H4. The number of hydrogen-bond acceptors (Lipinski definition) is 13. The molecule has 7 N–H and O–H groups in total. The summed E-state index contributed by atoms with van der Waals surface area (Å²) in [6.07, 6.45) is 12.3.